The van der Waals surface area contributed by atoms with Crippen LogP contribution < -0.4 is 10.1 Å². The second-order valence-corrected chi connectivity index (χ2v) is 4.22. The molecule has 0 saturated heterocycles. The van der Waals surface area contributed by atoms with E-state index in [1.165, 1.54) is 11.1 Å². The van der Waals surface area contributed by atoms with Gasteiger partial charge in [0, 0.05) is 18.2 Å². The smallest absolute Gasteiger partial charge is 0.123 e. The third-order valence-electron chi connectivity index (χ3n) is 3.09. The fourth-order valence-corrected chi connectivity index (χ4v) is 2.31. The van der Waals surface area contributed by atoms with Crippen molar-refractivity contribution in [3.8, 4) is 5.75 Å². The van der Waals surface area contributed by atoms with Gasteiger partial charge >= 0.3 is 0 Å². The quantitative estimate of drug-likeness (QED) is 0.801. The van der Waals surface area contributed by atoms with E-state index in [2.05, 4.69) is 37.4 Å². The summed E-state index contributed by atoms with van der Waals surface area (Å²) in [6.07, 6.45) is 0. The van der Waals surface area contributed by atoms with Crippen LogP contribution in [0.15, 0.2) is 18.2 Å². The van der Waals surface area contributed by atoms with E-state index in [0.717, 1.165) is 18.9 Å². The molecule has 0 fully saturated rings. The highest BCUT2D eigenvalue weighted by atomic mass is 16.5. The molecule has 2 nitrogen and oxygen atoms in total. The van der Waals surface area contributed by atoms with Gasteiger partial charge in [0.15, 0.2) is 0 Å². The van der Waals surface area contributed by atoms with Crippen molar-refractivity contribution >= 4 is 0 Å². The number of ether oxygens (including phenoxy) is 1. The molecular weight excluding hydrogens is 186 g/mol. The minimum atomic E-state index is 0.441. The van der Waals surface area contributed by atoms with Crippen molar-refractivity contribution in [1.82, 2.24) is 5.32 Å². The Hall–Kier alpha value is -1.02. The minimum Gasteiger partial charge on any atom is -0.494 e. The molecule has 2 unspecified atom stereocenters. The van der Waals surface area contributed by atoms with Gasteiger partial charge in [-0.25, -0.2) is 0 Å². The Bertz CT molecular complexity index is 348. The highest BCUT2D eigenvalue weighted by Crippen LogP contribution is 2.36. The van der Waals surface area contributed by atoms with Crippen molar-refractivity contribution < 1.29 is 4.74 Å². The Kier molecular flexibility index (Phi) is 2.96. The van der Waals surface area contributed by atoms with Gasteiger partial charge in [0.25, 0.3) is 0 Å². The molecule has 1 heterocycles. The molecule has 0 bridgehead atoms. The molecule has 0 radical (unpaired) electrons. The Morgan fingerprint density at radius 3 is 2.93 bits per heavy atom. The molecule has 0 spiro atoms. The fourth-order valence-electron chi connectivity index (χ4n) is 2.31. The zero-order chi connectivity index (χ0) is 10.8. The molecule has 1 N–H and O–H groups in total. The number of fused-ring (bicyclic) bond motifs is 1. The van der Waals surface area contributed by atoms with Crippen LogP contribution in [-0.2, 0) is 0 Å². The molecule has 1 aliphatic rings. The maximum atomic E-state index is 5.70. The van der Waals surface area contributed by atoms with Crippen LogP contribution in [0.1, 0.15) is 43.9 Å². The van der Waals surface area contributed by atoms with Gasteiger partial charge in [-0.3, -0.25) is 0 Å². The third kappa shape index (κ3) is 1.86. The van der Waals surface area contributed by atoms with Gasteiger partial charge in [0.05, 0.1) is 6.61 Å². The van der Waals surface area contributed by atoms with E-state index in [9.17, 15) is 0 Å². The molecule has 2 heteroatoms. The predicted octanol–water partition coefficient (Wildman–Crippen LogP) is 2.85. The van der Waals surface area contributed by atoms with E-state index in [1.807, 2.05) is 6.92 Å². The van der Waals surface area contributed by atoms with Gasteiger partial charge in [-0.15, -0.1) is 0 Å². The normalized spacial score (nSPS) is 24.7. The maximum absolute atomic E-state index is 5.70. The van der Waals surface area contributed by atoms with Crippen molar-refractivity contribution in [2.45, 2.75) is 32.7 Å². The Balaban J connectivity index is 2.46. The third-order valence-corrected chi connectivity index (χ3v) is 3.09. The first kappa shape index (κ1) is 10.5. The summed E-state index contributed by atoms with van der Waals surface area (Å²) in [6, 6.07) is 6.80. The lowest BCUT2D eigenvalue weighted by atomic mass is 9.87. The number of hydrogen-bond donors (Lipinski definition) is 1. The minimum absolute atomic E-state index is 0.441. The van der Waals surface area contributed by atoms with Crippen LogP contribution in [-0.4, -0.2) is 13.2 Å². The SMILES string of the molecule is CCOc1cccc2c1C(C)CNC2C. The topological polar surface area (TPSA) is 21.3 Å². The van der Waals surface area contributed by atoms with Gasteiger partial charge in [-0.2, -0.15) is 0 Å². The highest BCUT2D eigenvalue weighted by Gasteiger charge is 2.24. The van der Waals surface area contributed by atoms with Crippen LogP contribution in [0.5, 0.6) is 5.75 Å². The Morgan fingerprint density at radius 2 is 2.20 bits per heavy atom. The fraction of sp³-hybridized carbons (Fsp3) is 0.538. The van der Waals surface area contributed by atoms with Gasteiger partial charge in [0.1, 0.15) is 5.75 Å². The average molecular weight is 205 g/mol. The van der Waals surface area contributed by atoms with Gasteiger partial charge in [-0.1, -0.05) is 19.1 Å². The summed E-state index contributed by atoms with van der Waals surface area (Å²) < 4.78 is 5.70. The molecule has 1 aromatic rings. The molecule has 0 aromatic heterocycles. The number of hydrogen-bond acceptors (Lipinski definition) is 2. The summed E-state index contributed by atoms with van der Waals surface area (Å²) in [5.41, 5.74) is 2.78. The van der Waals surface area contributed by atoms with Gasteiger partial charge in [-0.05, 0) is 31.4 Å². The van der Waals surface area contributed by atoms with E-state index in [4.69, 9.17) is 4.74 Å². The lowest BCUT2D eigenvalue weighted by Crippen LogP contribution is -2.30. The van der Waals surface area contributed by atoms with Gasteiger partial charge in [0.2, 0.25) is 0 Å². The highest BCUT2D eigenvalue weighted by molar-refractivity contribution is 5.45. The molecule has 1 aromatic carbocycles. The van der Waals surface area contributed by atoms with Crippen LogP contribution in [0, 0.1) is 0 Å². The maximum Gasteiger partial charge on any atom is 0.123 e. The van der Waals surface area contributed by atoms with Crippen molar-refractivity contribution in [3.05, 3.63) is 29.3 Å². The standard InChI is InChI=1S/C13H19NO/c1-4-15-12-7-5-6-11-10(3)14-8-9(2)13(11)12/h5-7,9-10,14H,4,8H2,1-3H3. The largest absolute Gasteiger partial charge is 0.494 e. The lowest BCUT2D eigenvalue weighted by Gasteiger charge is -2.30. The summed E-state index contributed by atoms with van der Waals surface area (Å²) in [4.78, 5) is 0. The molecule has 1 aliphatic heterocycles. The van der Waals surface area contributed by atoms with Crippen LogP contribution in [0.4, 0.5) is 0 Å². The molecule has 0 aliphatic carbocycles. The Morgan fingerprint density at radius 1 is 1.40 bits per heavy atom. The van der Waals surface area contributed by atoms with Crippen LogP contribution in [0.3, 0.4) is 0 Å². The summed E-state index contributed by atoms with van der Waals surface area (Å²) in [5.74, 6) is 1.61. The number of benzene rings is 1. The zero-order valence-corrected chi connectivity index (χ0v) is 9.71. The van der Waals surface area contributed by atoms with E-state index in [0.29, 0.717) is 12.0 Å². The molecule has 15 heavy (non-hydrogen) atoms. The van der Waals surface area contributed by atoms with E-state index >= 15 is 0 Å². The predicted molar refractivity (Wildman–Crippen MR) is 62.4 cm³/mol. The lowest BCUT2D eigenvalue weighted by molar-refractivity contribution is 0.329. The summed E-state index contributed by atoms with van der Waals surface area (Å²) in [5, 5.41) is 3.50. The van der Waals surface area contributed by atoms with E-state index < -0.39 is 0 Å². The van der Waals surface area contributed by atoms with Crippen molar-refractivity contribution in [1.29, 1.82) is 0 Å². The first-order chi connectivity index (χ1) is 7.24. The van der Waals surface area contributed by atoms with Crippen LogP contribution in [0.2, 0.25) is 0 Å². The summed E-state index contributed by atoms with van der Waals surface area (Å²) >= 11 is 0. The number of nitrogens with one attached hydrogen (secondary N) is 1. The van der Waals surface area contributed by atoms with Crippen molar-refractivity contribution in [3.63, 3.8) is 0 Å². The molecular formula is C13H19NO. The monoisotopic (exact) mass is 205 g/mol. The molecule has 0 saturated carbocycles. The molecule has 0 amide bonds. The van der Waals surface area contributed by atoms with Gasteiger partial charge < -0.3 is 10.1 Å². The van der Waals surface area contributed by atoms with Crippen LogP contribution in [0.25, 0.3) is 0 Å². The molecule has 2 rings (SSSR count). The second kappa shape index (κ2) is 4.23. The second-order valence-electron chi connectivity index (χ2n) is 4.22. The van der Waals surface area contributed by atoms with Crippen molar-refractivity contribution in [2.75, 3.05) is 13.2 Å². The van der Waals surface area contributed by atoms with E-state index in [-0.39, 0.29) is 0 Å². The first-order valence-electron chi connectivity index (χ1n) is 5.73. The van der Waals surface area contributed by atoms with E-state index in [1.54, 1.807) is 0 Å². The molecule has 2 atom stereocenters. The Labute approximate surface area is 91.6 Å². The molecule has 82 valence electrons. The first-order valence-corrected chi connectivity index (χ1v) is 5.73. The number of rotatable bonds is 2. The average Bonchev–Trinajstić information content (AvgIpc) is 2.24. The summed E-state index contributed by atoms with van der Waals surface area (Å²) in [7, 11) is 0. The zero-order valence-electron chi connectivity index (χ0n) is 9.71. The summed E-state index contributed by atoms with van der Waals surface area (Å²) in [6.45, 7) is 8.28. The van der Waals surface area contributed by atoms with Crippen LogP contribution >= 0.6 is 0 Å². The van der Waals surface area contributed by atoms with Crippen molar-refractivity contribution in [2.24, 2.45) is 0 Å².